The van der Waals surface area contributed by atoms with Crippen molar-refractivity contribution in [2.75, 3.05) is 0 Å². The highest BCUT2D eigenvalue weighted by atomic mass is 19.3. The third-order valence-corrected chi connectivity index (χ3v) is 2.34. The number of carbonyl (C=O) groups excluding carboxylic acids is 1. The third-order valence-electron chi connectivity index (χ3n) is 2.34. The number of ether oxygens (including phenoxy) is 1. The minimum Gasteiger partial charge on any atom is -0.435 e. The molecule has 0 saturated carbocycles. The minimum absolute atomic E-state index is 0.0670. The van der Waals surface area contributed by atoms with E-state index >= 15 is 0 Å². The molecule has 94 valence electrons. The highest BCUT2D eigenvalue weighted by molar-refractivity contribution is 5.85. The Kier molecular flexibility index (Phi) is 3.36. The number of nitrogens with zero attached hydrogens (tertiary/aromatic N) is 2. The van der Waals surface area contributed by atoms with Crippen LogP contribution in [0.4, 0.5) is 8.78 Å². The average Bonchev–Trinajstić information content (AvgIpc) is 2.71. The standard InChI is InChI=1S/C12H10F2N2O2/c1-16-6-9(7-17)11(15-16)8-2-4-10(5-3-8)18-12(13)14/h2-7,12H,1H3. The lowest BCUT2D eigenvalue weighted by Crippen LogP contribution is -2.01. The molecule has 0 unspecified atom stereocenters. The van der Waals surface area contributed by atoms with Crippen molar-refractivity contribution < 1.29 is 18.3 Å². The van der Waals surface area contributed by atoms with Crippen molar-refractivity contribution in [2.24, 2.45) is 7.05 Å². The number of hydrogen-bond acceptors (Lipinski definition) is 3. The molecule has 0 atom stereocenters. The molecule has 0 radical (unpaired) electrons. The molecule has 0 spiro atoms. The van der Waals surface area contributed by atoms with Crippen LogP contribution < -0.4 is 4.74 Å². The van der Waals surface area contributed by atoms with Gasteiger partial charge in [0.1, 0.15) is 11.4 Å². The van der Waals surface area contributed by atoms with Crippen LogP contribution in [0.1, 0.15) is 10.4 Å². The molecule has 0 fully saturated rings. The van der Waals surface area contributed by atoms with Gasteiger partial charge in [-0.3, -0.25) is 9.48 Å². The second-order valence-corrected chi connectivity index (χ2v) is 3.63. The van der Waals surface area contributed by atoms with Gasteiger partial charge in [0.05, 0.1) is 5.56 Å². The Morgan fingerprint density at radius 1 is 1.33 bits per heavy atom. The molecular weight excluding hydrogens is 242 g/mol. The molecule has 0 aliphatic heterocycles. The lowest BCUT2D eigenvalue weighted by Gasteiger charge is -2.04. The Hall–Kier alpha value is -2.24. The zero-order chi connectivity index (χ0) is 13.1. The van der Waals surface area contributed by atoms with Gasteiger partial charge in [0, 0.05) is 18.8 Å². The number of alkyl halides is 2. The highest BCUT2D eigenvalue weighted by Crippen LogP contribution is 2.24. The van der Waals surface area contributed by atoms with Crippen molar-refractivity contribution in [2.45, 2.75) is 6.61 Å². The van der Waals surface area contributed by atoms with Crippen LogP contribution in [-0.2, 0) is 7.05 Å². The SMILES string of the molecule is Cn1cc(C=O)c(-c2ccc(OC(F)F)cc2)n1. The molecule has 18 heavy (non-hydrogen) atoms. The van der Waals surface area contributed by atoms with Crippen LogP contribution >= 0.6 is 0 Å². The molecule has 4 nitrogen and oxygen atoms in total. The average molecular weight is 252 g/mol. The Bertz CT molecular complexity index is 550. The third kappa shape index (κ3) is 2.53. The Balaban J connectivity index is 2.31. The van der Waals surface area contributed by atoms with Gasteiger partial charge in [0.15, 0.2) is 6.29 Å². The maximum atomic E-state index is 12.0. The Morgan fingerprint density at radius 2 is 2.00 bits per heavy atom. The van der Waals surface area contributed by atoms with Crippen LogP contribution in [0.5, 0.6) is 5.75 Å². The first-order valence-electron chi connectivity index (χ1n) is 5.14. The van der Waals surface area contributed by atoms with Crippen molar-refractivity contribution in [1.82, 2.24) is 9.78 Å². The summed E-state index contributed by atoms with van der Waals surface area (Å²) in [4.78, 5) is 10.8. The highest BCUT2D eigenvalue weighted by Gasteiger charge is 2.10. The van der Waals surface area contributed by atoms with Gasteiger partial charge in [-0.05, 0) is 24.3 Å². The number of halogens is 2. The number of aldehydes is 1. The molecule has 0 bridgehead atoms. The van der Waals surface area contributed by atoms with E-state index in [4.69, 9.17) is 0 Å². The second kappa shape index (κ2) is 4.95. The molecule has 0 saturated heterocycles. The molecule has 1 aromatic heterocycles. The van der Waals surface area contributed by atoms with Gasteiger partial charge in [-0.15, -0.1) is 0 Å². The summed E-state index contributed by atoms with van der Waals surface area (Å²) in [6.45, 7) is -2.85. The second-order valence-electron chi connectivity index (χ2n) is 3.63. The molecule has 6 heteroatoms. The van der Waals surface area contributed by atoms with Crippen molar-refractivity contribution in [1.29, 1.82) is 0 Å². The van der Waals surface area contributed by atoms with E-state index in [0.29, 0.717) is 23.1 Å². The van der Waals surface area contributed by atoms with Crippen molar-refractivity contribution in [3.8, 4) is 17.0 Å². The first kappa shape index (κ1) is 12.2. The molecule has 0 amide bonds. The quantitative estimate of drug-likeness (QED) is 0.785. The van der Waals surface area contributed by atoms with E-state index in [1.54, 1.807) is 25.4 Å². The zero-order valence-corrected chi connectivity index (χ0v) is 9.51. The van der Waals surface area contributed by atoms with E-state index in [1.807, 2.05) is 0 Å². The largest absolute Gasteiger partial charge is 0.435 e. The Morgan fingerprint density at radius 3 is 2.56 bits per heavy atom. The van der Waals surface area contributed by atoms with Gasteiger partial charge < -0.3 is 4.74 Å². The number of aromatic nitrogens is 2. The van der Waals surface area contributed by atoms with Crippen LogP contribution in [0.15, 0.2) is 30.5 Å². The summed E-state index contributed by atoms with van der Waals surface area (Å²) in [7, 11) is 1.70. The molecule has 1 heterocycles. The van der Waals surface area contributed by atoms with Crippen LogP contribution in [0, 0.1) is 0 Å². The van der Waals surface area contributed by atoms with Crippen molar-refractivity contribution >= 4 is 6.29 Å². The number of benzene rings is 1. The normalized spacial score (nSPS) is 10.7. The molecule has 0 N–H and O–H groups in total. The van der Waals surface area contributed by atoms with Gasteiger partial charge in [-0.2, -0.15) is 13.9 Å². The summed E-state index contributed by atoms with van der Waals surface area (Å²) in [5, 5.41) is 4.14. The topological polar surface area (TPSA) is 44.1 Å². The summed E-state index contributed by atoms with van der Waals surface area (Å²) in [6.07, 6.45) is 2.29. The first-order chi connectivity index (χ1) is 8.60. The van der Waals surface area contributed by atoms with E-state index in [0.717, 1.165) is 0 Å². The lowest BCUT2D eigenvalue weighted by molar-refractivity contribution is -0.0498. The smallest absolute Gasteiger partial charge is 0.387 e. The van der Waals surface area contributed by atoms with Crippen LogP contribution in [0.2, 0.25) is 0 Å². The predicted octanol–water partition coefficient (Wildman–Crippen LogP) is 2.50. The van der Waals surface area contributed by atoms with Crippen LogP contribution in [-0.4, -0.2) is 22.7 Å². The summed E-state index contributed by atoms with van der Waals surface area (Å²) >= 11 is 0. The lowest BCUT2D eigenvalue weighted by atomic mass is 10.1. The van der Waals surface area contributed by atoms with Crippen LogP contribution in [0.25, 0.3) is 11.3 Å². The molecule has 0 aliphatic carbocycles. The van der Waals surface area contributed by atoms with E-state index < -0.39 is 6.61 Å². The summed E-state index contributed by atoms with van der Waals surface area (Å²) in [6, 6.07) is 5.97. The van der Waals surface area contributed by atoms with E-state index in [9.17, 15) is 13.6 Å². The minimum atomic E-state index is -2.85. The molecule has 2 aromatic rings. The van der Waals surface area contributed by atoms with E-state index in [1.165, 1.54) is 16.8 Å². The Labute approximate surface area is 102 Å². The molecule has 1 aromatic carbocycles. The van der Waals surface area contributed by atoms with Gasteiger partial charge in [-0.1, -0.05) is 0 Å². The van der Waals surface area contributed by atoms with E-state index in [-0.39, 0.29) is 5.75 Å². The summed E-state index contributed by atoms with van der Waals surface area (Å²) in [5.74, 6) is 0.0670. The van der Waals surface area contributed by atoms with Crippen LogP contribution in [0.3, 0.4) is 0 Å². The van der Waals surface area contributed by atoms with Crippen molar-refractivity contribution in [3.63, 3.8) is 0 Å². The number of carbonyl (C=O) groups is 1. The van der Waals surface area contributed by atoms with Gasteiger partial charge in [0.2, 0.25) is 0 Å². The van der Waals surface area contributed by atoms with Gasteiger partial charge >= 0.3 is 6.61 Å². The molecular formula is C12H10F2N2O2. The number of hydrogen-bond donors (Lipinski definition) is 0. The first-order valence-corrected chi connectivity index (χ1v) is 5.14. The molecule has 2 rings (SSSR count). The predicted molar refractivity (Wildman–Crippen MR) is 60.7 cm³/mol. The summed E-state index contributed by atoms with van der Waals surface area (Å²) in [5.41, 5.74) is 1.62. The fraction of sp³-hybridized carbons (Fsp3) is 0.167. The molecule has 0 aliphatic rings. The van der Waals surface area contributed by atoms with Gasteiger partial charge in [-0.25, -0.2) is 0 Å². The fourth-order valence-corrected chi connectivity index (χ4v) is 1.61. The van der Waals surface area contributed by atoms with E-state index in [2.05, 4.69) is 9.84 Å². The van der Waals surface area contributed by atoms with Gasteiger partial charge in [0.25, 0.3) is 0 Å². The summed E-state index contributed by atoms with van der Waals surface area (Å²) < 4.78 is 29.7. The zero-order valence-electron chi connectivity index (χ0n) is 9.51. The maximum absolute atomic E-state index is 12.0. The number of aryl methyl sites for hydroxylation is 1. The van der Waals surface area contributed by atoms with Crippen molar-refractivity contribution in [3.05, 3.63) is 36.0 Å². The number of rotatable bonds is 4. The maximum Gasteiger partial charge on any atom is 0.387 e. The fourth-order valence-electron chi connectivity index (χ4n) is 1.61. The monoisotopic (exact) mass is 252 g/mol.